The van der Waals surface area contributed by atoms with E-state index in [1.54, 1.807) is 0 Å². The van der Waals surface area contributed by atoms with Crippen molar-refractivity contribution in [2.45, 2.75) is 0 Å². The number of carbonyl (C=O) groups excluding carboxylic acids is 2. The minimum atomic E-state index is -0.602. The van der Waals surface area contributed by atoms with Crippen LogP contribution in [0.15, 0.2) is 0 Å². The van der Waals surface area contributed by atoms with E-state index in [0.29, 0.717) is 0 Å². The molecule has 0 saturated carbocycles. The van der Waals surface area contributed by atoms with E-state index in [4.69, 9.17) is 10.2 Å². The van der Waals surface area contributed by atoms with E-state index in [1.807, 2.05) is 0 Å². The Balaban J connectivity index is 0. The molecule has 0 aliphatic carbocycles. The summed E-state index contributed by atoms with van der Waals surface area (Å²) < 4.78 is 8.02. The normalized spacial score (nSPS) is 7.67. The Labute approximate surface area is 69.7 Å². The van der Waals surface area contributed by atoms with Crippen LogP contribution in [0.2, 0.25) is 0 Å². The number of aliphatic hydroxyl groups is 2. The number of hydrogen-bond donors (Lipinski definition) is 2. The fourth-order valence-electron chi connectivity index (χ4n) is 0.129. The molecule has 0 spiro atoms. The number of methoxy groups -OCH3 is 2. The van der Waals surface area contributed by atoms with Crippen LogP contribution in [0.1, 0.15) is 0 Å². The molecule has 2 N–H and O–H groups in total. The first kappa shape index (κ1) is 13.4. The summed E-state index contributed by atoms with van der Waals surface area (Å²) in [4.78, 5) is 19.4. The predicted octanol–water partition coefficient (Wildman–Crippen LogP) is -1.70. The third kappa shape index (κ3) is 11.6. The molecule has 0 radical (unpaired) electrons. The maximum Gasteiger partial charge on any atom is 0.331 e. The van der Waals surface area contributed by atoms with Crippen LogP contribution in [0.5, 0.6) is 0 Å². The SMILES string of the molecule is COC(=O)CO.COC(=O)CO. The topological polar surface area (TPSA) is 93.1 Å². The summed E-state index contributed by atoms with van der Waals surface area (Å²) in [6.45, 7) is -1.06. The minimum Gasteiger partial charge on any atom is -0.467 e. The quantitative estimate of drug-likeness (QED) is 0.492. The lowest BCUT2D eigenvalue weighted by Crippen LogP contribution is -2.04. The van der Waals surface area contributed by atoms with Gasteiger partial charge in [-0.1, -0.05) is 0 Å². The van der Waals surface area contributed by atoms with Crippen LogP contribution in [-0.2, 0) is 19.1 Å². The van der Waals surface area contributed by atoms with Gasteiger partial charge in [0.25, 0.3) is 0 Å². The van der Waals surface area contributed by atoms with Gasteiger partial charge in [0, 0.05) is 0 Å². The van der Waals surface area contributed by atoms with Crippen molar-refractivity contribution in [3.05, 3.63) is 0 Å². The lowest BCUT2D eigenvalue weighted by molar-refractivity contribution is -0.144. The third-order valence-corrected chi connectivity index (χ3v) is 0.714. The van der Waals surface area contributed by atoms with Gasteiger partial charge in [-0.15, -0.1) is 0 Å². The summed E-state index contributed by atoms with van der Waals surface area (Å²) >= 11 is 0. The van der Waals surface area contributed by atoms with Gasteiger partial charge in [-0.25, -0.2) is 9.59 Å². The summed E-state index contributed by atoms with van der Waals surface area (Å²) in [6, 6.07) is 0. The molecule has 0 saturated heterocycles. The molecule has 0 aliphatic rings. The van der Waals surface area contributed by atoms with Crippen molar-refractivity contribution in [2.75, 3.05) is 27.4 Å². The first-order chi connectivity index (χ1) is 5.62. The first-order valence-electron chi connectivity index (χ1n) is 2.97. The molecular weight excluding hydrogens is 168 g/mol. The average molecular weight is 180 g/mol. The van der Waals surface area contributed by atoms with Gasteiger partial charge in [0.15, 0.2) is 0 Å². The Hall–Kier alpha value is -1.14. The smallest absolute Gasteiger partial charge is 0.331 e. The van der Waals surface area contributed by atoms with Crippen molar-refractivity contribution in [3.8, 4) is 0 Å². The molecule has 0 aromatic rings. The molecule has 0 amide bonds. The maximum atomic E-state index is 9.71. The molecule has 0 rings (SSSR count). The molecule has 0 atom stereocenters. The summed E-state index contributed by atoms with van der Waals surface area (Å²) in [5.41, 5.74) is 0. The van der Waals surface area contributed by atoms with Crippen molar-refractivity contribution in [3.63, 3.8) is 0 Å². The second-order valence-electron chi connectivity index (χ2n) is 1.47. The lowest BCUT2D eigenvalue weighted by atomic mass is 10.8. The van der Waals surface area contributed by atoms with E-state index >= 15 is 0 Å². The highest BCUT2D eigenvalue weighted by atomic mass is 16.5. The zero-order valence-electron chi connectivity index (χ0n) is 6.94. The van der Waals surface area contributed by atoms with Gasteiger partial charge in [0.1, 0.15) is 13.2 Å². The summed E-state index contributed by atoms with van der Waals surface area (Å²) in [7, 11) is 2.44. The standard InChI is InChI=1S/2C3H6O3/c2*1-6-3(5)2-4/h2*4H,2H2,1H3. The number of rotatable bonds is 2. The summed E-state index contributed by atoms with van der Waals surface area (Å²) in [6.07, 6.45) is 0. The number of carbonyl (C=O) groups is 2. The number of esters is 2. The van der Waals surface area contributed by atoms with E-state index in [2.05, 4.69) is 9.47 Å². The second-order valence-corrected chi connectivity index (χ2v) is 1.47. The molecule has 6 heteroatoms. The molecule has 0 aliphatic heterocycles. The zero-order chi connectivity index (χ0) is 9.98. The van der Waals surface area contributed by atoms with Gasteiger partial charge >= 0.3 is 11.9 Å². The monoisotopic (exact) mass is 180 g/mol. The van der Waals surface area contributed by atoms with Crippen LogP contribution in [0, 0.1) is 0 Å². The van der Waals surface area contributed by atoms with Crippen LogP contribution in [0.3, 0.4) is 0 Å². The zero-order valence-corrected chi connectivity index (χ0v) is 6.94. The highest BCUT2D eigenvalue weighted by Gasteiger charge is 1.89. The molecule has 0 aromatic heterocycles. The van der Waals surface area contributed by atoms with Gasteiger partial charge in [-0.3, -0.25) is 0 Å². The molecule has 0 aromatic carbocycles. The van der Waals surface area contributed by atoms with Crippen molar-refractivity contribution < 1.29 is 29.3 Å². The fourth-order valence-corrected chi connectivity index (χ4v) is 0.129. The van der Waals surface area contributed by atoms with Crippen LogP contribution in [0.25, 0.3) is 0 Å². The van der Waals surface area contributed by atoms with E-state index in [-0.39, 0.29) is 0 Å². The van der Waals surface area contributed by atoms with Gasteiger partial charge in [0.2, 0.25) is 0 Å². The number of ether oxygens (including phenoxy) is 2. The third-order valence-electron chi connectivity index (χ3n) is 0.714. The number of aliphatic hydroxyl groups excluding tert-OH is 2. The van der Waals surface area contributed by atoms with Gasteiger partial charge in [0.05, 0.1) is 14.2 Å². The molecule has 0 heterocycles. The molecule has 6 nitrogen and oxygen atoms in total. The second kappa shape index (κ2) is 9.86. The van der Waals surface area contributed by atoms with E-state index in [1.165, 1.54) is 14.2 Å². The Bertz CT molecular complexity index is 104. The molecule has 0 bridgehead atoms. The highest BCUT2D eigenvalue weighted by molar-refractivity contribution is 5.70. The Morgan fingerprint density at radius 2 is 1.25 bits per heavy atom. The Kier molecular flexibility index (Phi) is 11.1. The Morgan fingerprint density at radius 3 is 1.25 bits per heavy atom. The first-order valence-corrected chi connectivity index (χ1v) is 2.97. The van der Waals surface area contributed by atoms with E-state index in [9.17, 15) is 9.59 Å². The average Bonchev–Trinajstić information content (AvgIpc) is 2.16. The molecule has 12 heavy (non-hydrogen) atoms. The maximum absolute atomic E-state index is 9.71. The van der Waals surface area contributed by atoms with Gasteiger partial charge < -0.3 is 19.7 Å². The number of hydrogen-bond acceptors (Lipinski definition) is 6. The fraction of sp³-hybridized carbons (Fsp3) is 0.667. The predicted molar refractivity (Wildman–Crippen MR) is 38.2 cm³/mol. The minimum absolute atomic E-state index is 0.531. The van der Waals surface area contributed by atoms with E-state index < -0.39 is 25.2 Å². The van der Waals surface area contributed by atoms with Crippen molar-refractivity contribution in [1.82, 2.24) is 0 Å². The van der Waals surface area contributed by atoms with Crippen LogP contribution in [-0.4, -0.2) is 49.6 Å². The molecule has 0 fully saturated rings. The summed E-state index contributed by atoms with van der Waals surface area (Å²) in [5.74, 6) is -1.20. The molecular formula is C6H12O6. The largest absolute Gasteiger partial charge is 0.467 e. The summed E-state index contributed by atoms with van der Waals surface area (Å²) in [5, 5.41) is 15.7. The van der Waals surface area contributed by atoms with E-state index in [0.717, 1.165) is 0 Å². The lowest BCUT2D eigenvalue weighted by Gasteiger charge is -1.86. The van der Waals surface area contributed by atoms with Crippen molar-refractivity contribution in [1.29, 1.82) is 0 Å². The van der Waals surface area contributed by atoms with Crippen molar-refractivity contribution >= 4 is 11.9 Å². The molecule has 0 unspecified atom stereocenters. The Morgan fingerprint density at radius 1 is 1.00 bits per heavy atom. The highest BCUT2D eigenvalue weighted by Crippen LogP contribution is 1.64. The van der Waals surface area contributed by atoms with Crippen LogP contribution in [0.4, 0.5) is 0 Å². The van der Waals surface area contributed by atoms with Crippen molar-refractivity contribution in [2.24, 2.45) is 0 Å². The van der Waals surface area contributed by atoms with Gasteiger partial charge in [-0.05, 0) is 0 Å². The van der Waals surface area contributed by atoms with Crippen LogP contribution < -0.4 is 0 Å². The molecule has 72 valence electrons. The van der Waals surface area contributed by atoms with Crippen LogP contribution >= 0.6 is 0 Å². The van der Waals surface area contributed by atoms with Gasteiger partial charge in [-0.2, -0.15) is 0 Å².